The number of rotatable bonds is 3. The summed E-state index contributed by atoms with van der Waals surface area (Å²) in [6.07, 6.45) is -4.43. The van der Waals surface area contributed by atoms with E-state index in [1.807, 2.05) is 0 Å². The molecular weight excluding hydrogens is 357 g/mol. The average Bonchev–Trinajstić information content (AvgIpc) is 3.03. The Morgan fingerprint density at radius 3 is 2.46 bits per heavy atom. The molecule has 0 saturated heterocycles. The van der Waals surface area contributed by atoms with Gasteiger partial charge in [0, 0.05) is 11.1 Å². The van der Waals surface area contributed by atoms with E-state index in [9.17, 15) is 18.0 Å². The summed E-state index contributed by atoms with van der Waals surface area (Å²) >= 11 is 7.23. The summed E-state index contributed by atoms with van der Waals surface area (Å²) in [6.45, 7) is 0. The van der Waals surface area contributed by atoms with Crippen LogP contribution in [0.5, 0.6) is 0 Å². The number of carbonyl (C=O) groups is 1. The van der Waals surface area contributed by atoms with E-state index in [1.165, 1.54) is 17.4 Å². The normalized spacial score (nSPS) is 11.5. The molecule has 0 N–H and O–H groups in total. The van der Waals surface area contributed by atoms with Crippen molar-refractivity contribution in [2.45, 2.75) is 6.18 Å². The molecule has 1 aromatic heterocycles. The molecule has 0 radical (unpaired) electrons. The summed E-state index contributed by atoms with van der Waals surface area (Å²) in [7, 11) is 0. The van der Waals surface area contributed by atoms with Crippen LogP contribution in [0.3, 0.4) is 0 Å². The number of ketones is 1. The van der Waals surface area contributed by atoms with Crippen LogP contribution in [0.1, 0.15) is 20.8 Å². The third-order valence-corrected chi connectivity index (χ3v) is 4.73. The molecule has 0 spiro atoms. The van der Waals surface area contributed by atoms with Crippen LogP contribution in [0.25, 0.3) is 11.1 Å². The molecule has 0 amide bonds. The third kappa shape index (κ3) is 3.23. The van der Waals surface area contributed by atoms with Gasteiger partial charge in [-0.3, -0.25) is 4.79 Å². The fraction of sp³-hybridized carbons (Fsp3) is 0.0556. The third-order valence-electron chi connectivity index (χ3n) is 3.49. The van der Waals surface area contributed by atoms with Crippen molar-refractivity contribution in [1.29, 1.82) is 0 Å². The molecule has 0 aliphatic rings. The van der Waals surface area contributed by atoms with Crippen molar-refractivity contribution in [1.82, 2.24) is 0 Å². The molecule has 0 saturated carbocycles. The second kappa shape index (κ2) is 6.42. The Kier molecular flexibility index (Phi) is 4.47. The summed E-state index contributed by atoms with van der Waals surface area (Å²) in [5.74, 6) is -0.303. The highest BCUT2D eigenvalue weighted by atomic mass is 35.5. The SMILES string of the molecule is O=C(c1ccccc1Cl)c1sccc1-c1cccc(C(F)(F)F)c1. The van der Waals surface area contributed by atoms with E-state index in [4.69, 9.17) is 11.6 Å². The summed E-state index contributed by atoms with van der Waals surface area (Å²) in [5, 5.41) is 1.99. The predicted molar refractivity (Wildman–Crippen MR) is 89.6 cm³/mol. The Morgan fingerprint density at radius 1 is 1.00 bits per heavy atom. The maximum Gasteiger partial charge on any atom is 0.416 e. The van der Waals surface area contributed by atoms with Gasteiger partial charge in [0.05, 0.1) is 15.5 Å². The minimum atomic E-state index is -4.43. The Balaban J connectivity index is 2.06. The van der Waals surface area contributed by atoms with Crippen LogP contribution in [0.15, 0.2) is 60.0 Å². The highest BCUT2D eigenvalue weighted by molar-refractivity contribution is 7.12. The molecule has 122 valence electrons. The highest BCUT2D eigenvalue weighted by Crippen LogP contribution is 2.35. The van der Waals surface area contributed by atoms with E-state index in [2.05, 4.69) is 0 Å². The largest absolute Gasteiger partial charge is 0.416 e. The quantitative estimate of drug-likeness (QED) is 0.496. The molecule has 1 heterocycles. The molecule has 0 unspecified atom stereocenters. The fourth-order valence-corrected chi connectivity index (χ4v) is 3.43. The second-order valence-electron chi connectivity index (χ2n) is 5.05. The van der Waals surface area contributed by atoms with Gasteiger partial charge in [-0.15, -0.1) is 11.3 Å². The van der Waals surface area contributed by atoms with Crippen LogP contribution < -0.4 is 0 Å². The maximum absolute atomic E-state index is 12.9. The van der Waals surface area contributed by atoms with E-state index in [-0.39, 0.29) is 5.78 Å². The van der Waals surface area contributed by atoms with Gasteiger partial charge in [0.25, 0.3) is 0 Å². The Bertz CT molecular complexity index is 899. The van der Waals surface area contributed by atoms with Crippen molar-refractivity contribution < 1.29 is 18.0 Å². The Labute approximate surface area is 145 Å². The van der Waals surface area contributed by atoms with Crippen LogP contribution >= 0.6 is 22.9 Å². The van der Waals surface area contributed by atoms with E-state index in [0.29, 0.717) is 26.6 Å². The molecule has 3 aromatic rings. The summed E-state index contributed by atoms with van der Waals surface area (Å²) in [5.41, 5.74) is 0.398. The number of thiophene rings is 1. The van der Waals surface area contributed by atoms with Crippen molar-refractivity contribution in [3.05, 3.63) is 81.0 Å². The molecular formula is C18H10ClF3OS. The van der Waals surface area contributed by atoms with Gasteiger partial charge in [-0.05, 0) is 41.3 Å². The van der Waals surface area contributed by atoms with Crippen molar-refractivity contribution in [3.63, 3.8) is 0 Å². The van der Waals surface area contributed by atoms with Gasteiger partial charge < -0.3 is 0 Å². The van der Waals surface area contributed by atoms with E-state index in [1.54, 1.807) is 41.8 Å². The van der Waals surface area contributed by atoms with Gasteiger partial charge in [-0.25, -0.2) is 0 Å². The number of alkyl halides is 3. The van der Waals surface area contributed by atoms with Gasteiger partial charge in [-0.2, -0.15) is 13.2 Å². The molecule has 6 heteroatoms. The van der Waals surface area contributed by atoms with Gasteiger partial charge in [-0.1, -0.05) is 35.9 Å². The van der Waals surface area contributed by atoms with Crippen LogP contribution in [0, 0.1) is 0 Å². The van der Waals surface area contributed by atoms with Gasteiger partial charge in [0.2, 0.25) is 5.78 Å². The van der Waals surface area contributed by atoms with Crippen molar-refractivity contribution in [2.24, 2.45) is 0 Å². The molecule has 2 aromatic carbocycles. The average molecular weight is 367 g/mol. The Hall–Kier alpha value is -2.11. The van der Waals surface area contributed by atoms with E-state index >= 15 is 0 Å². The number of benzene rings is 2. The predicted octanol–water partition coefficient (Wildman–Crippen LogP) is 6.32. The second-order valence-corrected chi connectivity index (χ2v) is 6.37. The molecule has 0 bridgehead atoms. The first-order valence-corrected chi connectivity index (χ1v) is 8.18. The van der Waals surface area contributed by atoms with Crippen molar-refractivity contribution in [2.75, 3.05) is 0 Å². The lowest BCUT2D eigenvalue weighted by atomic mass is 10.00. The molecule has 1 nitrogen and oxygen atoms in total. The van der Waals surface area contributed by atoms with E-state index in [0.717, 1.165) is 12.1 Å². The zero-order chi connectivity index (χ0) is 17.3. The van der Waals surface area contributed by atoms with Gasteiger partial charge in [0.15, 0.2) is 0 Å². The van der Waals surface area contributed by atoms with E-state index < -0.39 is 11.7 Å². The standard InChI is InChI=1S/C18H10ClF3OS/c19-15-7-2-1-6-14(15)16(23)17-13(8-9-24-17)11-4-3-5-12(10-11)18(20,21)22/h1-10H. The number of hydrogen-bond acceptors (Lipinski definition) is 2. The van der Waals surface area contributed by atoms with Crippen LogP contribution in [0.2, 0.25) is 5.02 Å². The molecule has 0 fully saturated rings. The first-order valence-electron chi connectivity index (χ1n) is 6.92. The first-order chi connectivity index (χ1) is 11.4. The van der Waals surface area contributed by atoms with Crippen LogP contribution in [-0.2, 0) is 6.18 Å². The minimum absolute atomic E-state index is 0.303. The summed E-state index contributed by atoms with van der Waals surface area (Å²) < 4.78 is 38.7. The van der Waals surface area contributed by atoms with Crippen molar-refractivity contribution >= 4 is 28.7 Å². The Morgan fingerprint density at radius 2 is 1.75 bits per heavy atom. The lowest BCUT2D eigenvalue weighted by Gasteiger charge is -2.09. The lowest BCUT2D eigenvalue weighted by Crippen LogP contribution is -2.05. The van der Waals surface area contributed by atoms with Gasteiger partial charge >= 0.3 is 6.18 Å². The monoisotopic (exact) mass is 366 g/mol. The topological polar surface area (TPSA) is 17.1 Å². The van der Waals surface area contributed by atoms with Crippen LogP contribution in [-0.4, -0.2) is 5.78 Å². The first kappa shape index (κ1) is 16.7. The molecule has 24 heavy (non-hydrogen) atoms. The maximum atomic E-state index is 12.9. The molecule has 3 rings (SSSR count). The summed E-state index contributed by atoms with van der Waals surface area (Å²) in [6, 6.07) is 13.2. The number of halogens is 4. The zero-order valence-corrected chi connectivity index (χ0v) is 13.7. The van der Waals surface area contributed by atoms with Crippen LogP contribution in [0.4, 0.5) is 13.2 Å². The highest BCUT2D eigenvalue weighted by Gasteiger charge is 2.31. The zero-order valence-electron chi connectivity index (χ0n) is 12.1. The van der Waals surface area contributed by atoms with Crippen molar-refractivity contribution in [3.8, 4) is 11.1 Å². The number of carbonyl (C=O) groups excluding carboxylic acids is 1. The minimum Gasteiger partial charge on any atom is -0.288 e. The molecule has 0 aliphatic carbocycles. The number of hydrogen-bond donors (Lipinski definition) is 0. The van der Waals surface area contributed by atoms with Gasteiger partial charge in [0.1, 0.15) is 0 Å². The molecule has 0 atom stereocenters. The smallest absolute Gasteiger partial charge is 0.288 e. The lowest BCUT2D eigenvalue weighted by molar-refractivity contribution is -0.137. The fourth-order valence-electron chi connectivity index (χ4n) is 2.34. The summed E-state index contributed by atoms with van der Waals surface area (Å²) in [4.78, 5) is 13.1. The molecule has 0 aliphatic heterocycles.